The molecule has 0 amide bonds. The fourth-order valence-electron chi connectivity index (χ4n) is 4.00. The number of hydrogen-bond acceptors (Lipinski definition) is 4. The number of aryl methyl sites for hydroxylation is 1. The molecular formula is C24H25N3O. The number of piperidine rings is 1. The van der Waals surface area contributed by atoms with E-state index in [0.29, 0.717) is 23.2 Å². The first-order valence-corrected chi connectivity index (χ1v) is 9.88. The zero-order chi connectivity index (χ0) is 19.5. The predicted molar refractivity (Wildman–Crippen MR) is 112 cm³/mol. The summed E-state index contributed by atoms with van der Waals surface area (Å²) >= 11 is 0. The number of ketones is 1. The minimum atomic E-state index is -0.0725. The minimum Gasteiger partial charge on any atom is -0.353 e. The van der Waals surface area contributed by atoms with Gasteiger partial charge < -0.3 is 4.90 Å². The molecule has 3 aromatic rings. The highest BCUT2D eigenvalue weighted by atomic mass is 16.1. The normalized spacial score (nSPS) is 19.4. The predicted octanol–water partition coefficient (Wildman–Crippen LogP) is 4.79. The van der Waals surface area contributed by atoms with Crippen LogP contribution < -0.4 is 4.90 Å². The molecule has 1 aliphatic heterocycles. The van der Waals surface area contributed by atoms with Gasteiger partial charge in [-0.2, -0.15) is 0 Å². The third-order valence-electron chi connectivity index (χ3n) is 5.67. The van der Waals surface area contributed by atoms with Crippen molar-refractivity contribution < 1.29 is 4.79 Å². The van der Waals surface area contributed by atoms with Crippen molar-refractivity contribution in [3.05, 3.63) is 89.4 Å². The molecule has 0 N–H and O–H groups in total. The summed E-state index contributed by atoms with van der Waals surface area (Å²) in [5.74, 6) is 1.29. The summed E-state index contributed by atoms with van der Waals surface area (Å²) in [4.78, 5) is 24.3. The molecular weight excluding hydrogens is 346 g/mol. The van der Waals surface area contributed by atoms with Crippen LogP contribution in [0.2, 0.25) is 0 Å². The van der Waals surface area contributed by atoms with Gasteiger partial charge in [0.15, 0.2) is 0 Å². The molecule has 1 aromatic carbocycles. The second kappa shape index (κ2) is 7.93. The first-order valence-electron chi connectivity index (χ1n) is 9.88. The molecule has 0 spiro atoms. The molecule has 2 atom stereocenters. The lowest BCUT2D eigenvalue weighted by atomic mass is 9.88. The van der Waals surface area contributed by atoms with Crippen molar-refractivity contribution in [2.24, 2.45) is 0 Å². The van der Waals surface area contributed by atoms with E-state index in [4.69, 9.17) is 4.98 Å². The van der Waals surface area contributed by atoms with Crippen molar-refractivity contribution in [3.63, 3.8) is 0 Å². The fourth-order valence-corrected chi connectivity index (χ4v) is 4.00. The monoisotopic (exact) mass is 371 g/mol. The molecule has 2 aromatic heterocycles. The summed E-state index contributed by atoms with van der Waals surface area (Å²) in [5, 5.41) is 0. The molecule has 0 radical (unpaired) electrons. The molecule has 1 saturated heterocycles. The van der Waals surface area contributed by atoms with Crippen molar-refractivity contribution >= 4 is 11.6 Å². The summed E-state index contributed by atoms with van der Waals surface area (Å²) in [5.41, 5.74) is 3.19. The van der Waals surface area contributed by atoms with Gasteiger partial charge in [0, 0.05) is 36.0 Å². The average molecular weight is 371 g/mol. The third-order valence-corrected chi connectivity index (χ3v) is 5.67. The van der Waals surface area contributed by atoms with Crippen LogP contribution in [-0.2, 0) is 0 Å². The van der Waals surface area contributed by atoms with E-state index in [9.17, 15) is 4.79 Å². The Kier molecular flexibility index (Phi) is 5.20. The summed E-state index contributed by atoms with van der Waals surface area (Å²) in [6.45, 7) is 5.01. The number of nitrogens with zero attached hydrogens (tertiary/aromatic N) is 3. The number of anilines is 1. The van der Waals surface area contributed by atoms with Gasteiger partial charge in [0.2, 0.25) is 5.78 Å². The number of rotatable bonds is 4. The van der Waals surface area contributed by atoms with Crippen molar-refractivity contribution in [3.8, 4) is 0 Å². The van der Waals surface area contributed by atoms with Crippen LogP contribution in [0.25, 0.3) is 0 Å². The van der Waals surface area contributed by atoms with E-state index in [1.54, 1.807) is 18.3 Å². The number of benzene rings is 1. The lowest BCUT2D eigenvalue weighted by molar-refractivity contribution is 0.103. The molecule has 4 rings (SSSR count). The van der Waals surface area contributed by atoms with E-state index in [1.807, 2.05) is 25.1 Å². The van der Waals surface area contributed by atoms with Gasteiger partial charge in [-0.3, -0.25) is 9.78 Å². The molecule has 3 heterocycles. The van der Waals surface area contributed by atoms with Gasteiger partial charge in [-0.1, -0.05) is 36.4 Å². The molecule has 4 heteroatoms. The number of pyridine rings is 2. The second-order valence-corrected chi connectivity index (χ2v) is 7.53. The van der Waals surface area contributed by atoms with Gasteiger partial charge in [0.25, 0.3) is 0 Å². The van der Waals surface area contributed by atoms with Gasteiger partial charge >= 0.3 is 0 Å². The minimum absolute atomic E-state index is 0.0725. The van der Waals surface area contributed by atoms with E-state index >= 15 is 0 Å². The Hall–Kier alpha value is -3.01. The van der Waals surface area contributed by atoms with Crippen molar-refractivity contribution in [2.75, 3.05) is 11.4 Å². The molecule has 0 bridgehead atoms. The molecule has 1 fully saturated rings. The quantitative estimate of drug-likeness (QED) is 0.619. The molecule has 0 saturated carbocycles. The first kappa shape index (κ1) is 18.4. The SMILES string of the molecule is Cc1ncccc1C(=O)c1cccc(N2CC(c3ccccc3)CCC2C)n1. The molecule has 1 aliphatic rings. The topological polar surface area (TPSA) is 46.1 Å². The van der Waals surface area contributed by atoms with E-state index in [1.165, 1.54) is 12.0 Å². The highest BCUT2D eigenvalue weighted by Crippen LogP contribution is 2.32. The van der Waals surface area contributed by atoms with E-state index in [2.05, 4.69) is 47.1 Å². The standard InChI is InChI=1S/C24H25N3O/c1-17-13-14-20(19-8-4-3-5-9-19)16-27(17)23-12-6-11-22(26-23)24(28)21-10-7-15-25-18(21)2/h3-12,15,17,20H,13-14,16H2,1-2H3. The summed E-state index contributed by atoms with van der Waals surface area (Å²) in [7, 11) is 0. The third kappa shape index (κ3) is 3.68. The molecule has 4 nitrogen and oxygen atoms in total. The lowest BCUT2D eigenvalue weighted by Crippen LogP contribution is -2.41. The number of carbonyl (C=O) groups is 1. The van der Waals surface area contributed by atoms with Crippen LogP contribution in [0.3, 0.4) is 0 Å². The van der Waals surface area contributed by atoms with Crippen LogP contribution in [0, 0.1) is 6.92 Å². The Morgan fingerprint density at radius 2 is 1.82 bits per heavy atom. The maximum absolute atomic E-state index is 12.9. The Labute approximate surface area is 166 Å². The number of aromatic nitrogens is 2. The van der Waals surface area contributed by atoms with Crippen LogP contribution in [-0.4, -0.2) is 28.3 Å². The van der Waals surface area contributed by atoms with Crippen LogP contribution in [0.5, 0.6) is 0 Å². The summed E-state index contributed by atoms with van der Waals surface area (Å²) < 4.78 is 0. The maximum atomic E-state index is 12.9. The Balaban J connectivity index is 1.61. The molecule has 2 unspecified atom stereocenters. The van der Waals surface area contributed by atoms with E-state index in [0.717, 1.165) is 24.5 Å². The van der Waals surface area contributed by atoms with E-state index in [-0.39, 0.29) is 5.78 Å². The fraction of sp³-hybridized carbons (Fsp3) is 0.292. The van der Waals surface area contributed by atoms with Gasteiger partial charge in [0.1, 0.15) is 11.5 Å². The summed E-state index contributed by atoms with van der Waals surface area (Å²) in [6.07, 6.45) is 3.99. The van der Waals surface area contributed by atoms with Crippen molar-refractivity contribution in [1.82, 2.24) is 9.97 Å². The zero-order valence-electron chi connectivity index (χ0n) is 16.4. The molecule has 142 valence electrons. The average Bonchev–Trinajstić information content (AvgIpc) is 2.75. The lowest BCUT2D eigenvalue weighted by Gasteiger charge is -2.39. The largest absolute Gasteiger partial charge is 0.353 e. The maximum Gasteiger partial charge on any atom is 0.213 e. The zero-order valence-corrected chi connectivity index (χ0v) is 16.4. The van der Waals surface area contributed by atoms with Crippen LogP contribution >= 0.6 is 0 Å². The first-order chi connectivity index (χ1) is 13.6. The molecule has 0 aliphatic carbocycles. The molecule has 28 heavy (non-hydrogen) atoms. The van der Waals surface area contributed by atoms with Crippen LogP contribution in [0.4, 0.5) is 5.82 Å². The van der Waals surface area contributed by atoms with Crippen LogP contribution in [0.15, 0.2) is 66.9 Å². The second-order valence-electron chi connectivity index (χ2n) is 7.53. The highest BCUT2D eigenvalue weighted by molar-refractivity contribution is 6.08. The number of hydrogen-bond donors (Lipinski definition) is 0. The Morgan fingerprint density at radius 1 is 1.00 bits per heavy atom. The van der Waals surface area contributed by atoms with Crippen molar-refractivity contribution in [2.45, 2.75) is 38.6 Å². The van der Waals surface area contributed by atoms with E-state index < -0.39 is 0 Å². The highest BCUT2D eigenvalue weighted by Gasteiger charge is 2.28. The van der Waals surface area contributed by atoms with Crippen molar-refractivity contribution in [1.29, 1.82) is 0 Å². The number of carbonyl (C=O) groups excluding carboxylic acids is 1. The van der Waals surface area contributed by atoms with Gasteiger partial charge in [-0.25, -0.2) is 4.98 Å². The smallest absolute Gasteiger partial charge is 0.213 e. The Morgan fingerprint density at radius 3 is 2.61 bits per heavy atom. The summed E-state index contributed by atoms with van der Waals surface area (Å²) in [6, 6.07) is 20.4. The van der Waals surface area contributed by atoms with Crippen LogP contribution in [0.1, 0.15) is 53.0 Å². The van der Waals surface area contributed by atoms with Gasteiger partial charge in [0.05, 0.1) is 0 Å². The van der Waals surface area contributed by atoms with Gasteiger partial charge in [-0.05, 0) is 56.5 Å². The Bertz CT molecular complexity index is 970. The van der Waals surface area contributed by atoms with Gasteiger partial charge in [-0.15, -0.1) is 0 Å².